The molecule has 14 rings (SSSR count). The van der Waals surface area contributed by atoms with Crippen LogP contribution in [0, 0.1) is 0 Å². The Morgan fingerprint density at radius 2 is 0.681 bits per heavy atom. The lowest BCUT2D eigenvalue weighted by molar-refractivity contribution is 0.669. The molecule has 14 aromatic rings. The summed E-state index contributed by atoms with van der Waals surface area (Å²) in [7, 11) is 0. The molecule has 11 aromatic carbocycles. The summed E-state index contributed by atoms with van der Waals surface area (Å²) in [5, 5.41) is 8.84. The fourth-order valence-corrected chi connectivity index (χ4v) is 11.9. The van der Waals surface area contributed by atoms with E-state index in [4.69, 9.17) is 8.83 Å². The van der Waals surface area contributed by atoms with Crippen LogP contribution in [0.5, 0.6) is 0 Å². The Morgan fingerprint density at radius 1 is 0.290 bits per heavy atom. The van der Waals surface area contributed by atoms with Gasteiger partial charge in [0.2, 0.25) is 0 Å². The Kier molecular flexibility index (Phi) is 9.04. The van der Waals surface area contributed by atoms with E-state index in [1.807, 2.05) is 23.5 Å². The third-order valence-electron chi connectivity index (χ3n) is 13.6. The molecule has 0 aliphatic rings. The maximum atomic E-state index is 6.99. The SMILES string of the molecule is c1ccc(-c2ccccc2N(c2cccc3c2oc2ccccc23)c2c3ccccc3c(N(c3ccccc3-c3ccccc3)c3cccc4c3oc3ccccc34)c3c2sc2ccccc23)cc1. The molecule has 324 valence electrons. The zero-order valence-electron chi connectivity index (χ0n) is 37.2. The molecular weight excluding hydrogens is 861 g/mol. The van der Waals surface area contributed by atoms with Crippen molar-refractivity contribution in [3.63, 3.8) is 0 Å². The van der Waals surface area contributed by atoms with E-state index in [-0.39, 0.29) is 0 Å². The van der Waals surface area contributed by atoms with Gasteiger partial charge in [-0.3, -0.25) is 0 Å². The van der Waals surface area contributed by atoms with Gasteiger partial charge in [0.15, 0.2) is 11.2 Å². The van der Waals surface area contributed by atoms with Gasteiger partial charge < -0.3 is 18.6 Å². The number of fused-ring (bicyclic) bond motifs is 10. The highest BCUT2D eigenvalue weighted by molar-refractivity contribution is 7.26. The summed E-state index contributed by atoms with van der Waals surface area (Å²) >= 11 is 1.84. The Labute approximate surface area is 401 Å². The van der Waals surface area contributed by atoms with Crippen LogP contribution in [-0.2, 0) is 0 Å². The molecule has 3 aromatic heterocycles. The number of para-hydroxylation sites is 6. The maximum absolute atomic E-state index is 6.99. The molecule has 0 aliphatic carbocycles. The first kappa shape index (κ1) is 39.3. The Hall–Kier alpha value is -8.90. The molecule has 0 N–H and O–H groups in total. The zero-order valence-corrected chi connectivity index (χ0v) is 38.0. The molecule has 4 nitrogen and oxygen atoms in total. The molecular formula is C64H40N2O2S. The highest BCUT2D eigenvalue weighted by Crippen LogP contribution is 2.58. The van der Waals surface area contributed by atoms with Gasteiger partial charge in [-0.2, -0.15) is 0 Å². The minimum absolute atomic E-state index is 0.831. The summed E-state index contributed by atoms with van der Waals surface area (Å²) in [5.41, 5.74) is 14.0. The van der Waals surface area contributed by atoms with Crippen LogP contribution in [0.4, 0.5) is 34.1 Å². The van der Waals surface area contributed by atoms with Crippen molar-refractivity contribution >= 4 is 120 Å². The minimum Gasteiger partial charge on any atom is -0.454 e. The predicted octanol–water partition coefficient (Wildman–Crippen LogP) is 19.3. The van der Waals surface area contributed by atoms with Crippen LogP contribution in [0.2, 0.25) is 0 Å². The molecule has 0 atom stereocenters. The number of anilines is 6. The molecule has 0 aliphatic heterocycles. The molecule has 0 saturated heterocycles. The minimum atomic E-state index is 0.831. The van der Waals surface area contributed by atoms with Gasteiger partial charge in [-0.15, -0.1) is 11.3 Å². The number of nitrogens with zero attached hydrogens (tertiary/aromatic N) is 2. The molecule has 0 unspecified atom stereocenters. The van der Waals surface area contributed by atoms with E-state index in [9.17, 15) is 0 Å². The number of hydrogen-bond donors (Lipinski definition) is 0. The first-order chi connectivity index (χ1) is 34.3. The van der Waals surface area contributed by atoms with Crippen LogP contribution in [0.25, 0.3) is 97.1 Å². The van der Waals surface area contributed by atoms with E-state index in [0.29, 0.717) is 0 Å². The maximum Gasteiger partial charge on any atom is 0.159 e. The van der Waals surface area contributed by atoms with Gasteiger partial charge in [-0.1, -0.05) is 200 Å². The topological polar surface area (TPSA) is 32.8 Å². The number of furan rings is 2. The van der Waals surface area contributed by atoms with Crippen molar-refractivity contribution in [3.8, 4) is 22.3 Å². The predicted molar refractivity (Wildman–Crippen MR) is 292 cm³/mol. The van der Waals surface area contributed by atoms with E-state index in [2.05, 4.69) is 240 Å². The molecule has 0 amide bonds. The third-order valence-corrected chi connectivity index (χ3v) is 14.8. The van der Waals surface area contributed by atoms with Crippen molar-refractivity contribution in [2.75, 3.05) is 9.80 Å². The van der Waals surface area contributed by atoms with Gasteiger partial charge in [0, 0.05) is 58.9 Å². The fraction of sp³-hybridized carbons (Fsp3) is 0. The molecule has 0 radical (unpaired) electrons. The average Bonchev–Trinajstić information content (AvgIpc) is 4.13. The second-order valence-electron chi connectivity index (χ2n) is 17.5. The number of rotatable bonds is 8. The van der Waals surface area contributed by atoms with Crippen molar-refractivity contribution in [3.05, 3.63) is 243 Å². The van der Waals surface area contributed by atoms with Crippen molar-refractivity contribution in [2.24, 2.45) is 0 Å². The molecule has 0 bridgehead atoms. The third kappa shape index (κ3) is 6.14. The van der Waals surface area contributed by atoms with E-state index in [1.54, 1.807) is 0 Å². The quantitative estimate of drug-likeness (QED) is 0.142. The van der Waals surface area contributed by atoms with E-state index in [1.165, 1.54) is 10.1 Å². The Morgan fingerprint density at radius 3 is 1.23 bits per heavy atom. The Balaban J connectivity index is 1.17. The molecule has 0 saturated carbocycles. The van der Waals surface area contributed by atoms with Gasteiger partial charge in [0.25, 0.3) is 0 Å². The van der Waals surface area contributed by atoms with E-state index in [0.717, 1.165) is 121 Å². The van der Waals surface area contributed by atoms with Crippen molar-refractivity contribution in [1.29, 1.82) is 0 Å². The van der Waals surface area contributed by atoms with Crippen LogP contribution in [0.15, 0.2) is 251 Å². The van der Waals surface area contributed by atoms with Crippen molar-refractivity contribution in [1.82, 2.24) is 0 Å². The lowest BCUT2D eigenvalue weighted by Crippen LogP contribution is -2.15. The largest absolute Gasteiger partial charge is 0.454 e. The normalized spacial score (nSPS) is 11.8. The molecule has 5 heteroatoms. The van der Waals surface area contributed by atoms with E-state index >= 15 is 0 Å². The molecule has 0 fully saturated rings. The van der Waals surface area contributed by atoms with Gasteiger partial charge >= 0.3 is 0 Å². The standard InChI is InChI=1S/C64H40N2O2S/c1-3-21-41(22-4-1)43-25-9-14-34-52(43)65(54-36-19-32-49-45-27-11-16-38-56(45)67-62(49)54)60-47-29-7-8-30-48(47)61(64-59(60)51-31-13-18-40-58(51)69-64)66(53-35-15-10-26-44(53)42-23-5-2-6-24-42)55-37-20-33-50-46-28-12-17-39-57(46)68-63(50)55/h1-40H. The van der Waals surface area contributed by atoms with Crippen LogP contribution >= 0.6 is 11.3 Å². The summed E-state index contributed by atoms with van der Waals surface area (Å²) in [4.78, 5) is 4.97. The van der Waals surface area contributed by atoms with Crippen LogP contribution in [0.1, 0.15) is 0 Å². The summed E-state index contributed by atoms with van der Waals surface area (Å²) < 4.78 is 16.3. The van der Waals surface area contributed by atoms with Gasteiger partial charge in [-0.25, -0.2) is 0 Å². The summed E-state index contributed by atoms with van der Waals surface area (Å²) in [5.74, 6) is 0. The summed E-state index contributed by atoms with van der Waals surface area (Å²) in [6.07, 6.45) is 0. The van der Waals surface area contributed by atoms with Gasteiger partial charge in [0.05, 0.1) is 38.8 Å². The fourth-order valence-electron chi connectivity index (χ4n) is 10.7. The lowest BCUT2D eigenvalue weighted by Gasteiger charge is -2.33. The summed E-state index contributed by atoms with van der Waals surface area (Å²) in [6.45, 7) is 0. The second-order valence-corrected chi connectivity index (χ2v) is 18.5. The van der Waals surface area contributed by atoms with Crippen LogP contribution < -0.4 is 9.80 Å². The first-order valence-electron chi connectivity index (χ1n) is 23.3. The van der Waals surface area contributed by atoms with Gasteiger partial charge in [-0.05, 0) is 53.6 Å². The Bertz CT molecular complexity index is 4280. The highest BCUT2D eigenvalue weighted by atomic mass is 32.1. The van der Waals surface area contributed by atoms with Crippen molar-refractivity contribution in [2.45, 2.75) is 0 Å². The lowest BCUT2D eigenvalue weighted by atomic mass is 9.95. The first-order valence-corrected chi connectivity index (χ1v) is 24.2. The average molecular weight is 901 g/mol. The second kappa shape index (κ2) is 15.9. The molecule has 69 heavy (non-hydrogen) atoms. The van der Waals surface area contributed by atoms with Gasteiger partial charge in [0.1, 0.15) is 11.2 Å². The highest BCUT2D eigenvalue weighted by Gasteiger charge is 2.32. The number of thiophene rings is 1. The van der Waals surface area contributed by atoms with Crippen LogP contribution in [0.3, 0.4) is 0 Å². The summed E-state index contributed by atoms with van der Waals surface area (Å²) in [6, 6.07) is 86.8. The van der Waals surface area contributed by atoms with Crippen molar-refractivity contribution < 1.29 is 8.83 Å². The molecule has 0 spiro atoms. The van der Waals surface area contributed by atoms with E-state index < -0.39 is 0 Å². The van der Waals surface area contributed by atoms with Crippen LogP contribution in [-0.4, -0.2) is 0 Å². The monoisotopic (exact) mass is 900 g/mol. The smallest absolute Gasteiger partial charge is 0.159 e. The number of hydrogen-bond acceptors (Lipinski definition) is 5. The molecule has 3 heterocycles. The number of benzene rings is 11. The zero-order chi connectivity index (χ0) is 45.4.